The lowest BCUT2D eigenvalue weighted by Gasteiger charge is -2.25. The van der Waals surface area contributed by atoms with Crippen molar-refractivity contribution in [3.63, 3.8) is 0 Å². The van der Waals surface area contributed by atoms with Crippen LogP contribution >= 0.6 is 0 Å². The Labute approximate surface area is 153 Å². The molecular weight excluding hydrogens is 356 g/mol. The van der Waals surface area contributed by atoms with Gasteiger partial charge in [0.25, 0.3) is 6.43 Å². The van der Waals surface area contributed by atoms with Gasteiger partial charge in [0, 0.05) is 37.4 Å². The van der Waals surface area contributed by atoms with Gasteiger partial charge in [0.2, 0.25) is 5.91 Å². The van der Waals surface area contributed by atoms with Gasteiger partial charge < -0.3 is 10.1 Å². The Morgan fingerprint density at radius 2 is 2.26 bits per heavy atom. The molecule has 3 aromatic heterocycles. The van der Waals surface area contributed by atoms with Crippen molar-refractivity contribution in [2.45, 2.75) is 25.2 Å². The Bertz CT molecular complexity index is 998. The van der Waals surface area contributed by atoms with Crippen LogP contribution in [0.1, 0.15) is 19.0 Å². The van der Waals surface area contributed by atoms with Crippen molar-refractivity contribution in [1.29, 1.82) is 0 Å². The Morgan fingerprint density at radius 3 is 2.96 bits per heavy atom. The molecule has 0 radical (unpaired) electrons. The van der Waals surface area contributed by atoms with Crippen molar-refractivity contribution in [2.75, 3.05) is 18.5 Å². The Hall–Kier alpha value is -2.94. The number of hydrogen-bond donors (Lipinski definition) is 1. The number of halogens is 2. The average Bonchev–Trinajstić information content (AvgIpc) is 3.29. The van der Waals surface area contributed by atoms with Crippen LogP contribution in [-0.4, -0.2) is 45.3 Å². The zero-order valence-corrected chi connectivity index (χ0v) is 14.5. The first-order chi connectivity index (χ1) is 13.0. The largest absolute Gasteiger partial charge is 0.380 e. The maximum atomic E-state index is 13.7. The molecule has 0 bridgehead atoms. The lowest BCUT2D eigenvalue weighted by Crippen LogP contribution is -2.36. The summed E-state index contributed by atoms with van der Waals surface area (Å²) in [5.74, 6) is 0.588. The molecular formula is C18H17F2N5O2. The fraction of sp³-hybridized carbons (Fsp3) is 0.333. The SMILES string of the molecule is CC(=O)Nc1cc2nn(-c3cccc(C4(C(F)F)CCOC4)n3)cc2cn1. The summed E-state index contributed by atoms with van der Waals surface area (Å²) >= 11 is 0. The first-order valence-corrected chi connectivity index (χ1v) is 8.45. The number of nitrogens with zero attached hydrogens (tertiary/aromatic N) is 4. The van der Waals surface area contributed by atoms with Crippen molar-refractivity contribution >= 4 is 22.6 Å². The summed E-state index contributed by atoms with van der Waals surface area (Å²) in [6.45, 7) is 1.64. The van der Waals surface area contributed by atoms with E-state index >= 15 is 0 Å². The quantitative estimate of drug-likeness (QED) is 0.760. The van der Waals surface area contributed by atoms with Crippen LogP contribution in [0.3, 0.4) is 0 Å². The van der Waals surface area contributed by atoms with Crippen LogP contribution in [0.5, 0.6) is 0 Å². The molecule has 0 saturated carbocycles. The van der Waals surface area contributed by atoms with E-state index in [9.17, 15) is 13.6 Å². The highest BCUT2D eigenvalue weighted by Gasteiger charge is 2.46. The van der Waals surface area contributed by atoms with Crippen LogP contribution in [0, 0.1) is 0 Å². The summed E-state index contributed by atoms with van der Waals surface area (Å²) in [6, 6.07) is 6.63. The zero-order valence-electron chi connectivity index (χ0n) is 14.5. The van der Waals surface area contributed by atoms with Crippen molar-refractivity contribution in [1.82, 2.24) is 19.7 Å². The summed E-state index contributed by atoms with van der Waals surface area (Å²) in [5.41, 5.74) is -0.485. The van der Waals surface area contributed by atoms with E-state index in [1.165, 1.54) is 11.6 Å². The van der Waals surface area contributed by atoms with Gasteiger partial charge in [0.1, 0.15) is 5.82 Å². The van der Waals surface area contributed by atoms with Gasteiger partial charge in [-0.1, -0.05) is 6.07 Å². The molecule has 4 heterocycles. The second-order valence-electron chi connectivity index (χ2n) is 6.52. The number of anilines is 1. The number of fused-ring (bicyclic) bond motifs is 1. The third-order valence-corrected chi connectivity index (χ3v) is 4.64. The predicted octanol–water partition coefficient (Wildman–Crippen LogP) is 2.70. The molecule has 1 fully saturated rings. The molecule has 3 aromatic rings. The van der Waals surface area contributed by atoms with E-state index in [0.29, 0.717) is 29.5 Å². The molecule has 1 atom stereocenters. The first kappa shape index (κ1) is 17.5. The number of amides is 1. The normalized spacial score (nSPS) is 19.7. The van der Waals surface area contributed by atoms with Crippen LogP contribution in [0.25, 0.3) is 16.7 Å². The third kappa shape index (κ3) is 3.14. The van der Waals surface area contributed by atoms with Gasteiger partial charge in [-0.2, -0.15) is 5.10 Å². The second kappa shape index (κ2) is 6.66. The highest BCUT2D eigenvalue weighted by atomic mass is 19.3. The number of carbonyl (C=O) groups is 1. The van der Waals surface area contributed by atoms with Gasteiger partial charge in [0.15, 0.2) is 5.82 Å². The van der Waals surface area contributed by atoms with Gasteiger partial charge in [-0.05, 0) is 18.6 Å². The summed E-state index contributed by atoms with van der Waals surface area (Å²) < 4.78 is 34.2. The highest BCUT2D eigenvalue weighted by Crippen LogP contribution is 2.38. The highest BCUT2D eigenvalue weighted by molar-refractivity contribution is 5.90. The fourth-order valence-electron chi connectivity index (χ4n) is 3.18. The van der Waals surface area contributed by atoms with Crippen molar-refractivity contribution in [2.24, 2.45) is 0 Å². The van der Waals surface area contributed by atoms with Crippen molar-refractivity contribution < 1.29 is 18.3 Å². The van der Waals surface area contributed by atoms with Crippen LogP contribution in [0.15, 0.2) is 36.7 Å². The lowest BCUT2D eigenvalue weighted by molar-refractivity contribution is -0.114. The molecule has 9 heteroatoms. The lowest BCUT2D eigenvalue weighted by atomic mass is 9.83. The molecule has 1 amide bonds. The molecule has 0 spiro atoms. The Balaban J connectivity index is 1.72. The molecule has 1 aliphatic rings. The van der Waals surface area contributed by atoms with Crippen LogP contribution in [-0.2, 0) is 14.9 Å². The number of rotatable bonds is 4. The van der Waals surface area contributed by atoms with Gasteiger partial charge in [-0.15, -0.1) is 0 Å². The van der Waals surface area contributed by atoms with E-state index in [1.807, 2.05) is 0 Å². The smallest absolute Gasteiger partial charge is 0.251 e. The molecule has 7 nitrogen and oxygen atoms in total. The minimum absolute atomic E-state index is 0.0494. The summed E-state index contributed by atoms with van der Waals surface area (Å²) in [5, 5.41) is 7.77. The number of hydrogen-bond acceptors (Lipinski definition) is 5. The van der Waals surface area contributed by atoms with E-state index in [4.69, 9.17) is 4.74 Å². The second-order valence-corrected chi connectivity index (χ2v) is 6.52. The Kier molecular flexibility index (Phi) is 4.31. The topological polar surface area (TPSA) is 81.9 Å². The van der Waals surface area contributed by atoms with E-state index in [-0.39, 0.29) is 18.9 Å². The molecule has 1 unspecified atom stereocenters. The third-order valence-electron chi connectivity index (χ3n) is 4.64. The molecule has 1 N–H and O–H groups in total. The number of carbonyl (C=O) groups excluding carboxylic acids is 1. The maximum Gasteiger partial charge on any atom is 0.251 e. The Morgan fingerprint density at radius 1 is 1.41 bits per heavy atom. The molecule has 1 aliphatic heterocycles. The van der Waals surface area contributed by atoms with E-state index in [2.05, 4.69) is 20.4 Å². The van der Waals surface area contributed by atoms with Crippen LogP contribution in [0.4, 0.5) is 14.6 Å². The van der Waals surface area contributed by atoms with Crippen LogP contribution < -0.4 is 5.32 Å². The summed E-state index contributed by atoms with van der Waals surface area (Å²) in [6.07, 6.45) is 0.960. The maximum absolute atomic E-state index is 13.7. The molecule has 0 aliphatic carbocycles. The molecule has 1 saturated heterocycles. The van der Waals surface area contributed by atoms with Crippen molar-refractivity contribution in [3.8, 4) is 5.82 Å². The zero-order chi connectivity index (χ0) is 19.0. The summed E-state index contributed by atoms with van der Waals surface area (Å²) in [4.78, 5) is 19.7. The number of nitrogens with one attached hydrogen (secondary N) is 1. The van der Waals surface area contributed by atoms with Gasteiger partial charge >= 0.3 is 0 Å². The predicted molar refractivity (Wildman–Crippen MR) is 94.1 cm³/mol. The average molecular weight is 373 g/mol. The number of ether oxygens (including phenoxy) is 1. The summed E-state index contributed by atoms with van der Waals surface area (Å²) in [7, 11) is 0. The van der Waals surface area contributed by atoms with Crippen molar-refractivity contribution in [3.05, 3.63) is 42.4 Å². The van der Waals surface area contributed by atoms with Gasteiger partial charge in [0.05, 0.1) is 23.2 Å². The van der Waals surface area contributed by atoms with Gasteiger partial charge in [-0.3, -0.25) is 4.79 Å². The minimum atomic E-state index is -2.57. The number of pyridine rings is 2. The first-order valence-electron chi connectivity index (χ1n) is 8.45. The van der Waals surface area contributed by atoms with E-state index < -0.39 is 11.8 Å². The van der Waals surface area contributed by atoms with Gasteiger partial charge in [-0.25, -0.2) is 23.4 Å². The van der Waals surface area contributed by atoms with Crippen LogP contribution in [0.2, 0.25) is 0 Å². The molecule has 27 heavy (non-hydrogen) atoms. The molecule has 0 aromatic carbocycles. The number of alkyl halides is 2. The number of aromatic nitrogens is 4. The van der Waals surface area contributed by atoms with E-state index in [0.717, 1.165) is 5.39 Å². The molecule has 4 rings (SSSR count). The molecule has 140 valence electrons. The fourth-order valence-corrected chi connectivity index (χ4v) is 3.18. The van der Waals surface area contributed by atoms with E-state index in [1.54, 1.807) is 36.7 Å². The minimum Gasteiger partial charge on any atom is -0.380 e. The monoisotopic (exact) mass is 373 g/mol. The standard InChI is InChI=1S/C18H17F2N5O2/c1-11(26)22-15-7-13-12(8-21-15)9-25(24-13)16-4-2-3-14(23-16)18(17(19)20)5-6-27-10-18/h2-4,7-9,17H,5-6,10H2,1H3,(H,22,26).